The Hall–Kier alpha value is -2.32. The average Bonchev–Trinajstić information content (AvgIpc) is 2.76. The summed E-state index contributed by atoms with van der Waals surface area (Å²) in [7, 11) is -3.65. The Morgan fingerprint density at radius 2 is 2.03 bits per heavy atom. The summed E-state index contributed by atoms with van der Waals surface area (Å²) >= 11 is 1.45. The van der Waals surface area contributed by atoms with Gasteiger partial charge >= 0.3 is 0 Å². The van der Waals surface area contributed by atoms with Gasteiger partial charge in [-0.2, -0.15) is 0 Å². The van der Waals surface area contributed by atoms with Gasteiger partial charge in [-0.1, -0.05) is 25.1 Å². The third kappa shape index (κ3) is 4.11. The van der Waals surface area contributed by atoms with Crippen molar-refractivity contribution in [2.45, 2.75) is 47.6 Å². The number of fused-ring (bicyclic) bond motifs is 2. The molecule has 2 heterocycles. The van der Waals surface area contributed by atoms with Crippen LogP contribution in [0.3, 0.4) is 0 Å². The van der Waals surface area contributed by atoms with Gasteiger partial charge in [0, 0.05) is 23.5 Å². The molecule has 2 aromatic carbocycles. The molecule has 6 nitrogen and oxygen atoms in total. The third-order valence-corrected chi connectivity index (χ3v) is 8.65. The Kier molecular flexibility index (Phi) is 5.88. The molecule has 0 saturated carbocycles. The van der Waals surface area contributed by atoms with Crippen LogP contribution in [0.2, 0.25) is 0 Å². The highest BCUT2D eigenvalue weighted by atomic mass is 32.2. The molecule has 1 atom stereocenters. The molecule has 0 radical (unpaired) electrons. The molecule has 4 rings (SSSR count). The number of nitrogens with one attached hydrogen (secondary N) is 1. The molecule has 2 aromatic rings. The summed E-state index contributed by atoms with van der Waals surface area (Å²) in [6.45, 7) is 2.55. The van der Waals surface area contributed by atoms with Gasteiger partial charge in [-0.25, -0.2) is 8.42 Å². The largest absolute Gasteiger partial charge is 0.324 e. The second-order valence-electron chi connectivity index (χ2n) is 7.51. The van der Waals surface area contributed by atoms with E-state index >= 15 is 0 Å². The van der Waals surface area contributed by atoms with E-state index in [1.54, 1.807) is 17.0 Å². The van der Waals surface area contributed by atoms with Gasteiger partial charge in [-0.15, -0.1) is 11.8 Å². The topological polar surface area (TPSA) is 83.6 Å². The van der Waals surface area contributed by atoms with Crippen molar-refractivity contribution in [1.29, 1.82) is 0 Å². The van der Waals surface area contributed by atoms with Crippen molar-refractivity contribution in [3.8, 4) is 0 Å². The van der Waals surface area contributed by atoms with Crippen LogP contribution in [0.4, 0.5) is 11.4 Å². The van der Waals surface area contributed by atoms with Crippen LogP contribution in [0.15, 0.2) is 52.3 Å². The van der Waals surface area contributed by atoms with Gasteiger partial charge < -0.3 is 10.2 Å². The maximum Gasteiger partial charge on any atom is 0.237 e. The number of aryl methyl sites for hydroxylation is 1. The zero-order chi connectivity index (χ0) is 21.3. The first-order chi connectivity index (χ1) is 14.4. The maximum atomic E-state index is 12.9. The lowest BCUT2D eigenvalue weighted by Crippen LogP contribution is -2.36. The van der Waals surface area contributed by atoms with Crippen LogP contribution in [0.25, 0.3) is 0 Å². The van der Waals surface area contributed by atoms with Crippen LogP contribution in [0.1, 0.15) is 31.7 Å². The van der Waals surface area contributed by atoms with E-state index in [1.165, 1.54) is 17.8 Å². The molecule has 8 heteroatoms. The van der Waals surface area contributed by atoms with E-state index in [0.29, 0.717) is 18.7 Å². The number of nitrogens with zero attached hydrogens (tertiary/aromatic N) is 1. The van der Waals surface area contributed by atoms with Gasteiger partial charge in [0.25, 0.3) is 0 Å². The summed E-state index contributed by atoms with van der Waals surface area (Å²) in [5.41, 5.74) is 2.52. The highest BCUT2D eigenvalue weighted by Gasteiger charge is 2.28. The molecule has 2 amide bonds. The molecule has 0 fully saturated rings. The normalized spacial score (nSPS) is 18.4. The van der Waals surface area contributed by atoms with E-state index in [9.17, 15) is 18.0 Å². The number of hydrogen-bond donors (Lipinski definition) is 1. The van der Waals surface area contributed by atoms with Crippen molar-refractivity contribution in [1.82, 2.24) is 0 Å². The fourth-order valence-corrected chi connectivity index (χ4v) is 6.13. The Balaban J connectivity index is 1.47. The zero-order valence-electron chi connectivity index (χ0n) is 16.8. The van der Waals surface area contributed by atoms with Crippen molar-refractivity contribution in [2.75, 3.05) is 22.5 Å². The lowest BCUT2D eigenvalue weighted by Gasteiger charge is -2.29. The predicted molar refractivity (Wildman–Crippen MR) is 119 cm³/mol. The second-order valence-corrected chi connectivity index (χ2v) is 10.9. The molecule has 30 heavy (non-hydrogen) atoms. The Morgan fingerprint density at radius 3 is 2.83 bits per heavy atom. The number of benzene rings is 2. The summed E-state index contributed by atoms with van der Waals surface area (Å²) in [4.78, 5) is 27.6. The average molecular weight is 445 g/mol. The first kappa shape index (κ1) is 20.9. The monoisotopic (exact) mass is 444 g/mol. The van der Waals surface area contributed by atoms with Crippen LogP contribution in [-0.2, 0) is 25.8 Å². The molecule has 0 spiro atoms. The molecular formula is C22H24N2O4S2. The highest BCUT2D eigenvalue weighted by Crippen LogP contribution is 2.38. The number of thioether (sulfide) groups is 1. The van der Waals surface area contributed by atoms with Gasteiger partial charge in [0.2, 0.25) is 11.8 Å². The molecule has 0 bridgehead atoms. The van der Waals surface area contributed by atoms with E-state index < -0.39 is 9.84 Å². The van der Waals surface area contributed by atoms with Gasteiger partial charge in [0.1, 0.15) is 0 Å². The first-order valence-corrected chi connectivity index (χ1v) is 12.6. The number of hydrogen-bond acceptors (Lipinski definition) is 5. The Labute approximate surface area is 181 Å². The van der Waals surface area contributed by atoms with Crippen LogP contribution in [0.5, 0.6) is 0 Å². The Bertz CT molecular complexity index is 1100. The summed E-state index contributed by atoms with van der Waals surface area (Å²) < 4.78 is 25.7. The van der Waals surface area contributed by atoms with Crippen molar-refractivity contribution in [2.24, 2.45) is 0 Å². The van der Waals surface area contributed by atoms with Gasteiger partial charge in [0.05, 0.1) is 21.6 Å². The molecule has 0 aliphatic carbocycles. The summed E-state index contributed by atoms with van der Waals surface area (Å²) in [5.74, 6) is -0.552. The Morgan fingerprint density at radius 1 is 1.23 bits per heavy atom. The summed E-state index contributed by atoms with van der Waals surface area (Å²) in [6.07, 6.45) is 2.43. The molecule has 0 saturated heterocycles. The first-order valence-electron chi connectivity index (χ1n) is 10.1. The molecule has 2 aliphatic heterocycles. The van der Waals surface area contributed by atoms with E-state index in [0.717, 1.165) is 29.0 Å². The van der Waals surface area contributed by atoms with Crippen molar-refractivity contribution < 1.29 is 18.0 Å². The molecule has 0 aromatic heterocycles. The predicted octanol–water partition coefficient (Wildman–Crippen LogP) is 3.65. The lowest BCUT2D eigenvalue weighted by molar-refractivity contribution is -0.118. The fraction of sp³-hybridized carbons (Fsp3) is 0.364. The van der Waals surface area contributed by atoms with Gasteiger partial charge in [-0.3, -0.25) is 9.59 Å². The number of carbonyl (C=O) groups is 2. The molecule has 2 aliphatic rings. The van der Waals surface area contributed by atoms with Crippen LogP contribution in [0, 0.1) is 0 Å². The van der Waals surface area contributed by atoms with Gasteiger partial charge in [0.15, 0.2) is 9.84 Å². The minimum atomic E-state index is -3.65. The number of rotatable bonds is 5. The third-order valence-electron chi connectivity index (χ3n) is 5.50. The van der Waals surface area contributed by atoms with Crippen molar-refractivity contribution in [3.05, 3.63) is 48.0 Å². The fourth-order valence-electron chi connectivity index (χ4n) is 3.86. The number of anilines is 2. The smallest absolute Gasteiger partial charge is 0.237 e. The molecule has 158 valence electrons. The van der Waals surface area contributed by atoms with E-state index in [4.69, 9.17) is 0 Å². The second kappa shape index (κ2) is 8.43. The SMILES string of the molecule is CC[C@H]1Sc2ccc(S(=O)(=O)CCC(=O)N3CCCc4ccccc43)cc2NC1=O. The van der Waals surface area contributed by atoms with Crippen molar-refractivity contribution >= 4 is 44.8 Å². The van der Waals surface area contributed by atoms with E-state index in [1.807, 2.05) is 31.2 Å². The maximum absolute atomic E-state index is 12.9. The van der Waals surface area contributed by atoms with Gasteiger partial charge in [-0.05, 0) is 49.1 Å². The summed E-state index contributed by atoms with van der Waals surface area (Å²) in [5, 5.41) is 2.64. The number of sulfone groups is 1. The van der Waals surface area contributed by atoms with Crippen LogP contribution >= 0.6 is 11.8 Å². The highest BCUT2D eigenvalue weighted by molar-refractivity contribution is 8.01. The summed E-state index contributed by atoms with van der Waals surface area (Å²) in [6, 6.07) is 12.6. The van der Waals surface area contributed by atoms with E-state index in [-0.39, 0.29) is 34.1 Å². The lowest BCUT2D eigenvalue weighted by atomic mass is 10.0. The van der Waals surface area contributed by atoms with Crippen LogP contribution < -0.4 is 10.2 Å². The minimum Gasteiger partial charge on any atom is -0.324 e. The minimum absolute atomic E-state index is 0.0766. The van der Waals surface area contributed by atoms with Crippen molar-refractivity contribution in [3.63, 3.8) is 0 Å². The molecular weight excluding hydrogens is 420 g/mol. The standard InChI is InChI=1S/C22H24N2O4S2/c1-2-19-22(26)23-17-14-16(9-10-20(17)29-19)30(27,28)13-11-21(25)24-12-5-7-15-6-3-4-8-18(15)24/h3-4,6,8-10,14,19H,2,5,7,11-13H2,1H3,(H,23,26)/t19-/m1/s1. The number of para-hydroxylation sites is 1. The quantitative estimate of drug-likeness (QED) is 0.761. The number of amides is 2. The number of carbonyl (C=O) groups excluding carboxylic acids is 2. The zero-order valence-corrected chi connectivity index (χ0v) is 18.4. The van der Waals surface area contributed by atoms with Crippen LogP contribution in [-0.4, -0.2) is 37.8 Å². The van der Waals surface area contributed by atoms with E-state index in [2.05, 4.69) is 5.32 Å². The molecule has 0 unspecified atom stereocenters. The molecule has 1 N–H and O–H groups in total.